The van der Waals surface area contributed by atoms with Crippen LogP contribution in [-0.2, 0) is 62.3 Å². The minimum absolute atomic E-state index is 0.00629. The molecule has 33 heteroatoms. The van der Waals surface area contributed by atoms with Gasteiger partial charge < -0.3 is 64.8 Å². The van der Waals surface area contributed by atoms with Gasteiger partial charge >= 0.3 is 12.4 Å². The number of likely N-dealkylation sites (N-methyl/N-ethyl adjacent to an activating group) is 8. The second-order valence-corrected chi connectivity index (χ2v) is 31.8. The molecule has 0 aromatic heterocycles. The number of alkyl halides is 8. The van der Waals surface area contributed by atoms with Crippen molar-refractivity contribution in [3.63, 3.8) is 0 Å². The fraction of sp³-hybridized carbons (Fsp3) is 0.813. The van der Waals surface area contributed by atoms with Gasteiger partial charge in [-0.05, 0) is 145 Å². The van der Waals surface area contributed by atoms with E-state index in [1.807, 2.05) is 13.8 Å². The lowest BCUT2D eigenvalue weighted by Gasteiger charge is -2.47. The number of amides is 12. The second-order valence-electron chi connectivity index (χ2n) is 31.8. The van der Waals surface area contributed by atoms with E-state index in [0.717, 1.165) is 29.4 Å². The monoisotopic (exact) mass is 1550 g/mol. The molecule has 2 bridgehead atoms. The molecule has 4 saturated carbocycles. The van der Waals surface area contributed by atoms with Crippen LogP contribution in [0.4, 0.5) is 35.1 Å². The number of nitrogens with zero attached hydrogens (tertiary/aromatic N) is 9. The van der Waals surface area contributed by atoms with E-state index < -0.39 is 230 Å². The van der Waals surface area contributed by atoms with Gasteiger partial charge in [-0.25, -0.2) is 8.78 Å². The Labute approximate surface area is 630 Å². The van der Waals surface area contributed by atoms with Crippen LogP contribution in [0, 0.1) is 41.4 Å². The molecule has 0 aromatic rings. The van der Waals surface area contributed by atoms with Crippen molar-refractivity contribution in [3.8, 4) is 0 Å². The van der Waals surface area contributed by atoms with E-state index in [1.54, 1.807) is 32.9 Å². The zero-order valence-corrected chi connectivity index (χ0v) is 65.4. The third kappa shape index (κ3) is 22.5. The van der Waals surface area contributed by atoms with Gasteiger partial charge in [0, 0.05) is 76.6 Å². The highest BCUT2D eigenvalue weighted by Crippen LogP contribution is 2.45. The van der Waals surface area contributed by atoms with E-state index in [2.05, 4.69) is 16.0 Å². The van der Waals surface area contributed by atoms with Crippen molar-refractivity contribution in [2.45, 2.75) is 254 Å². The summed E-state index contributed by atoms with van der Waals surface area (Å²) >= 11 is 0. The molecule has 3 N–H and O–H groups in total. The van der Waals surface area contributed by atoms with Gasteiger partial charge in [0.05, 0.1) is 32.0 Å². The fourth-order valence-corrected chi connectivity index (χ4v) is 16.2. The lowest BCUT2D eigenvalue weighted by atomic mass is 9.74. The number of rotatable bonds is 15. The Kier molecular flexibility index (Phi) is 32.5. The molecule has 12 amide bonds. The molecule has 6 aliphatic rings. The van der Waals surface area contributed by atoms with E-state index >= 15 is 37.5 Å². The van der Waals surface area contributed by atoms with Gasteiger partial charge in [0.25, 0.3) is 0 Å². The third-order valence-electron chi connectivity index (χ3n) is 23.6. The highest BCUT2D eigenvalue weighted by Gasteiger charge is 2.56. The smallest absolute Gasteiger partial charge is 0.379 e. The number of nitrogens with one attached hydrogen (secondary N) is 3. The molecule has 25 nitrogen and oxygen atoms in total. The van der Waals surface area contributed by atoms with Gasteiger partial charge in [-0.2, -0.15) is 26.3 Å². The van der Waals surface area contributed by atoms with Gasteiger partial charge in [0.15, 0.2) is 0 Å². The molecular formula is C75H118F8N12O13. The van der Waals surface area contributed by atoms with Crippen LogP contribution >= 0.6 is 0 Å². The van der Waals surface area contributed by atoms with Crippen LogP contribution in [0.3, 0.4) is 0 Å². The van der Waals surface area contributed by atoms with Crippen molar-refractivity contribution < 1.29 is 97.4 Å². The summed E-state index contributed by atoms with van der Waals surface area (Å²) in [6.07, 6.45) is -12.0. The summed E-state index contributed by atoms with van der Waals surface area (Å²) < 4.78 is 121. The van der Waals surface area contributed by atoms with Crippen LogP contribution in [0.25, 0.3) is 0 Å². The average Bonchev–Trinajstić information content (AvgIpc) is 1.14. The maximum Gasteiger partial charge on any atom is 0.397 e. The molecule has 2 heterocycles. The van der Waals surface area contributed by atoms with Gasteiger partial charge in [-0.1, -0.05) is 66.0 Å². The molecule has 1 saturated heterocycles. The van der Waals surface area contributed by atoms with Crippen molar-refractivity contribution in [1.82, 2.24) is 60.0 Å². The summed E-state index contributed by atoms with van der Waals surface area (Å²) in [6.45, 7) is 6.73. The molecule has 4 aliphatic carbocycles. The molecule has 0 radical (unpaired) electrons. The number of ether oxygens (including phenoxy) is 1. The van der Waals surface area contributed by atoms with Crippen LogP contribution in [0.1, 0.15) is 176 Å². The third-order valence-corrected chi connectivity index (χ3v) is 23.6. The topological polar surface area (TPSA) is 279 Å². The molecule has 0 aromatic carbocycles. The van der Waals surface area contributed by atoms with Crippen LogP contribution in [0.15, 0.2) is 12.2 Å². The summed E-state index contributed by atoms with van der Waals surface area (Å²) in [5.74, 6) is -17.0. The van der Waals surface area contributed by atoms with Gasteiger partial charge in [-0.3, -0.25) is 57.5 Å². The zero-order valence-electron chi connectivity index (χ0n) is 65.4. The maximum absolute atomic E-state index is 15.5. The Morgan fingerprint density at radius 1 is 0.639 bits per heavy atom. The standard InChI is InChI=1S/C75H118F8N12O13/c1-15-45(5)62-70(105)89(9)42-60(98)91(11)54-25-18-17-21-35-95(69(54)104)56(39-46-26-29-49(30-27-46)74(78,79)80)68(103)88(8)41-58(96)84-52(31-28-47-37-50(76)61(51(77)38-47)75(81,82)83)66(101)93(13)57(43-108-36-32-44(3)4)65(100)86-73(33-22-34-73)72(107)94(14)63(48-23-19-20-24-48)71(106)92(12)55(67(102)87(6)7)40-59(97)90(10)53(16-2)64(99)85-62/h17-18,44-57,61-63H,15-16,19-43H2,1-14H3,(H,84,96)(H,85,99)(H,86,100)/b18-17-/t45-,46?,47?,49?,50?,51?,52-,53-,54-,55-,56?,57-,61?,62-,63-/m0/s1. The predicted molar refractivity (Wildman–Crippen MR) is 383 cm³/mol. The summed E-state index contributed by atoms with van der Waals surface area (Å²) in [5, 5.41) is 8.28. The number of hydrogen-bond donors (Lipinski definition) is 3. The predicted octanol–water partition coefficient (Wildman–Crippen LogP) is 6.60. The minimum atomic E-state index is -5.22. The summed E-state index contributed by atoms with van der Waals surface area (Å²) in [7, 11) is 12.0. The van der Waals surface area contributed by atoms with Crippen molar-refractivity contribution in [2.75, 3.05) is 96.3 Å². The molecule has 3 unspecified atom stereocenters. The minimum Gasteiger partial charge on any atom is -0.379 e. The summed E-state index contributed by atoms with van der Waals surface area (Å²) in [4.78, 5) is 190. The summed E-state index contributed by atoms with van der Waals surface area (Å²) in [5.41, 5.74) is -1.73. The van der Waals surface area contributed by atoms with Gasteiger partial charge in [0.1, 0.15) is 72.1 Å². The number of carbonyl (C=O) groups is 12. The number of halogens is 8. The highest BCUT2D eigenvalue weighted by molar-refractivity contribution is 6.01. The fourth-order valence-electron chi connectivity index (χ4n) is 16.2. The van der Waals surface area contributed by atoms with E-state index in [4.69, 9.17) is 4.74 Å². The Hall–Kier alpha value is -7.22. The first-order valence-electron chi connectivity index (χ1n) is 38.4. The lowest BCUT2D eigenvalue weighted by molar-refractivity contribution is -0.219. The van der Waals surface area contributed by atoms with E-state index in [1.165, 1.54) is 78.1 Å². The molecular weight excluding hydrogens is 1430 g/mol. The number of carbonyl (C=O) groups excluding carboxylic acids is 12. The van der Waals surface area contributed by atoms with Crippen LogP contribution < -0.4 is 16.0 Å². The average molecular weight is 1550 g/mol. The Bertz CT molecular complexity index is 3170. The quantitative estimate of drug-likeness (QED) is 0.0887. The number of fused-ring (bicyclic) bond motifs is 2. The SMILES string of the molecule is CC[C@H](C)[C@@H]1NC(=O)[C@H](CC)N(C)C(=O)C[C@@H](C(=O)N(C)C)N(C)C(=O)[C@H](C2CCCC2)N(C)C(=O)C2(CCC2)NC(=O)[C@H](COCCC(C)C)N(C)C(=O)[C@H](CCC2CC(F)C(C(F)(F)F)C(F)C2)NC(=O)CN(C)C(=O)C(CC2CCC(C(F)(F)F)CC2)N2CC/C=C\C[C@@H](C2=O)N(C)C(=O)CN(C)C1=O. The highest BCUT2D eigenvalue weighted by atomic mass is 19.4. The van der Waals surface area contributed by atoms with Crippen LogP contribution in [0.2, 0.25) is 0 Å². The Balaban J connectivity index is 1.48. The molecule has 5 fully saturated rings. The maximum atomic E-state index is 15.5. The van der Waals surface area contributed by atoms with Crippen molar-refractivity contribution >= 4 is 70.9 Å². The molecule has 612 valence electrons. The van der Waals surface area contributed by atoms with Gasteiger partial charge in [0.2, 0.25) is 70.9 Å². The first-order chi connectivity index (χ1) is 50.5. The molecule has 6 rings (SSSR count). The number of hydrogen-bond acceptors (Lipinski definition) is 13. The van der Waals surface area contributed by atoms with Crippen molar-refractivity contribution in [2.24, 2.45) is 41.4 Å². The zero-order chi connectivity index (χ0) is 80.8. The van der Waals surface area contributed by atoms with Crippen molar-refractivity contribution in [1.29, 1.82) is 0 Å². The largest absolute Gasteiger partial charge is 0.397 e. The molecule has 1 spiro atoms. The first-order valence-corrected chi connectivity index (χ1v) is 38.4. The first kappa shape index (κ1) is 89.7. The Morgan fingerprint density at radius 3 is 1.80 bits per heavy atom. The lowest BCUT2D eigenvalue weighted by Crippen LogP contribution is -2.68. The molecule has 11 atom stereocenters. The normalized spacial score (nSPS) is 30.8. The Morgan fingerprint density at radius 2 is 1.25 bits per heavy atom. The van der Waals surface area contributed by atoms with Gasteiger partial charge in [-0.15, -0.1) is 0 Å². The molecule has 108 heavy (non-hydrogen) atoms. The van der Waals surface area contributed by atoms with E-state index in [9.17, 15) is 55.1 Å². The van der Waals surface area contributed by atoms with E-state index in [0.29, 0.717) is 44.9 Å². The second kappa shape index (κ2) is 39.1. The summed E-state index contributed by atoms with van der Waals surface area (Å²) in [6, 6.07) is -11.6. The van der Waals surface area contributed by atoms with Crippen LogP contribution in [-0.4, -0.2) is 290 Å². The van der Waals surface area contributed by atoms with E-state index in [-0.39, 0.29) is 89.7 Å². The van der Waals surface area contributed by atoms with Crippen LogP contribution in [0.5, 0.6) is 0 Å². The van der Waals surface area contributed by atoms with Crippen molar-refractivity contribution in [3.05, 3.63) is 12.2 Å². The molecule has 2 aliphatic heterocycles.